The fourth-order valence-corrected chi connectivity index (χ4v) is 4.82. The Kier molecular flexibility index (Phi) is 14.7. The molecule has 0 aliphatic rings. The molecule has 0 unspecified atom stereocenters. The van der Waals surface area contributed by atoms with Crippen molar-refractivity contribution in [3.63, 3.8) is 0 Å². The molecule has 7 heteroatoms. The topological polar surface area (TPSA) is 102 Å². The van der Waals surface area contributed by atoms with Crippen LogP contribution in [0.2, 0.25) is 0 Å². The summed E-state index contributed by atoms with van der Waals surface area (Å²) in [5.74, 6) is -1.04. The predicted octanol–water partition coefficient (Wildman–Crippen LogP) is 10.1. The number of rotatable bonds is 19. The van der Waals surface area contributed by atoms with Crippen molar-refractivity contribution in [2.24, 2.45) is 0 Å². The molecule has 7 nitrogen and oxygen atoms in total. The summed E-state index contributed by atoms with van der Waals surface area (Å²) in [7, 11) is 0. The third kappa shape index (κ3) is 12.3. The van der Waals surface area contributed by atoms with Gasteiger partial charge < -0.3 is 24.4 Å². The lowest BCUT2D eigenvalue weighted by Crippen LogP contribution is -2.13. The molecular formula is C39H46O7. The third-order valence-electron chi connectivity index (χ3n) is 7.34. The number of carboxylic acid groups (broad SMARTS) is 2. The van der Waals surface area contributed by atoms with E-state index in [1.807, 2.05) is 67.6 Å². The SMILES string of the molecule is CC(C)=CCCC(C)=CCCC(C)=CCOc1c(OCCCCc2cccc(Oc3ccccc3)c2)ccc(C(=O)O)c1C(=O)O. The van der Waals surface area contributed by atoms with Gasteiger partial charge in [0, 0.05) is 0 Å². The Bertz CT molecular complexity index is 1530. The molecule has 0 saturated heterocycles. The lowest BCUT2D eigenvalue weighted by Gasteiger charge is -2.16. The van der Waals surface area contributed by atoms with E-state index in [2.05, 4.69) is 32.9 Å². The molecule has 2 N–H and O–H groups in total. The van der Waals surface area contributed by atoms with Gasteiger partial charge in [0.05, 0.1) is 12.2 Å². The van der Waals surface area contributed by atoms with E-state index in [0.717, 1.165) is 61.2 Å². The number of benzene rings is 3. The minimum atomic E-state index is -1.38. The van der Waals surface area contributed by atoms with E-state index in [9.17, 15) is 19.8 Å². The van der Waals surface area contributed by atoms with Crippen LogP contribution >= 0.6 is 0 Å². The van der Waals surface area contributed by atoms with Gasteiger partial charge in [0.15, 0.2) is 11.5 Å². The van der Waals surface area contributed by atoms with Crippen molar-refractivity contribution in [1.29, 1.82) is 0 Å². The normalized spacial score (nSPS) is 11.6. The Morgan fingerprint density at radius 1 is 0.717 bits per heavy atom. The van der Waals surface area contributed by atoms with Gasteiger partial charge in [-0.15, -0.1) is 0 Å². The van der Waals surface area contributed by atoms with Gasteiger partial charge in [-0.2, -0.15) is 0 Å². The standard InChI is InChI=1S/C39H46O7/c1-28(2)13-10-14-29(3)15-11-16-30(4)24-26-45-37-35(23-22-34(38(40)41)36(37)39(42)43)44-25-9-8-17-31-18-12-21-33(27-31)46-32-19-6-5-7-20-32/h5-7,12-13,15,18-24,27H,8-11,14,16-17,25-26H2,1-4H3,(H,40,41)(H,42,43). The summed E-state index contributed by atoms with van der Waals surface area (Å²) in [6.07, 6.45) is 12.5. The Labute approximate surface area is 272 Å². The lowest BCUT2D eigenvalue weighted by molar-refractivity contribution is 0.0647. The smallest absolute Gasteiger partial charge is 0.340 e. The van der Waals surface area contributed by atoms with E-state index in [0.29, 0.717) is 13.0 Å². The number of aryl methyl sites for hydroxylation is 1. The third-order valence-corrected chi connectivity index (χ3v) is 7.34. The van der Waals surface area contributed by atoms with Crippen LogP contribution in [0.5, 0.6) is 23.0 Å². The number of para-hydroxylation sites is 1. The number of hydrogen-bond donors (Lipinski definition) is 2. The van der Waals surface area contributed by atoms with Gasteiger partial charge in [0.2, 0.25) is 0 Å². The summed E-state index contributed by atoms with van der Waals surface area (Å²) in [4.78, 5) is 24.0. The van der Waals surface area contributed by atoms with Crippen LogP contribution in [0.25, 0.3) is 0 Å². The molecule has 0 atom stereocenters. The van der Waals surface area contributed by atoms with Crippen LogP contribution in [0.3, 0.4) is 0 Å². The number of aromatic carboxylic acids is 2. The summed E-state index contributed by atoms with van der Waals surface area (Å²) in [6, 6.07) is 20.3. The monoisotopic (exact) mass is 626 g/mol. The van der Waals surface area contributed by atoms with Crippen molar-refractivity contribution in [2.75, 3.05) is 13.2 Å². The van der Waals surface area contributed by atoms with Crippen molar-refractivity contribution >= 4 is 11.9 Å². The van der Waals surface area contributed by atoms with Gasteiger partial charge in [-0.25, -0.2) is 9.59 Å². The highest BCUT2D eigenvalue weighted by atomic mass is 16.5. The zero-order valence-corrected chi connectivity index (χ0v) is 27.4. The van der Waals surface area contributed by atoms with Gasteiger partial charge in [0.1, 0.15) is 23.7 Å². The summed E-state index contributed by atoms with van der Waals surface area (Å²) < 4.78 is 17.8. The van der Waals surface area contributed by atoms with Gasteiger partial charge in [-0.05, 0) is 121 Å². The van der Waals surface area contributed by atoms with Gasteiger partial charge in [-0.3, -0.25) is 0 Å². The molecule has 0 aliphatic heterocycles. The van der Waals surface area contributed by atoms with Crippen molar-refractivity contribution in [3.05, 3.63) is 118 Å². The number of unbranched alkanes of at least 4 members (excludes halogenated alkanes) is 1. The molecule has 0 saturated carbocycles. The van der Waals surface area contributed by atoms with E-state index in [1.165, 1.54) is 23.3 Å². The number of carboxylic acids is 2. The Balaban J connectivity index is 1.58. The van der Waals surface area contributed by atoms with Gasteiger partial charge in [0.25, 0.3) is 0 Å². The minimum absolute atomic E-state index is 0.0720. The molecule has 46 heavy (non-hydrogen) atoms. The van der Waals surface area contributed by atoms with Gasteiger partial charge in [-0.1, -0.05) is 59.2 Å². The van der Waals surface area contributed by atoms with Crippen LogP contribution in [-0.4, -0.2) is 35.4 Å². The highest BCUT2D eigenvalue weighted by Gasteiger charge is 2.25. The molecule has 3 rings (SSSR count). The van der Waals surface area contributed by atoms with E-state index < -0.39 is 17.5 Å². The van der Waals surface area contributed by atoms with Crippen molar-refractivity contribution in [2.45, 2.75) is 72.6 Å². The Hall–Kier alpha value is -4.78. The fraction of sp³-hybridized carbons (Fsp3) is 0.333. The molecule has 0 fully saturated rings. The van der Waals surface area contributed by atoms with Crippen LogP contribution < -0.4 is 14.2 Å². The average molecular weight is 627 g/mol. The van der Waals surface area contributed by atoms with E-state index in [4.69, 9.17) is 14.2 Å². The van der Waals surface area contributed by atoms with E-state index in [1.54, 1.807) is 0 Å². The first-order valence-corrected chi connectivity index (χ1v) is 15.8. The number of carbonyl (C=O) groups is 2. The van der Waals surface area contributed by atoms with Crippen LogP contribution in [0, 0.1) is 0 Å². The maximum Gasteiger partial charge on any atom is 0.340 e. The molecule has 3 aromatic carbocycles. The molecular weight excluding hydrogens is 580 g/mol. The largest absolute Gasteiger partial charge is 0.490 e. The highest BCUT2D eigenvalue weighted by Crippen LogP contribution is 2.35. The Morgan fingerprint density at radius 2 is 1.41 bits per heavy atom. The fourth-order valence-electron chi connectivity index (χ4n) is 4.82. The van der Waals surface area contributed by atoms with Crippen molar-refractivity contribution in [1.82, 2.24) is 0 Å². The maximum atomic E-state index is 12.2. The zero-order chi connectivity index (χ0) is 33.3. The van der Waals surface area contributed by atoms with Crippen molar-refractivity contribution < 1.29 is 34.0 Å². The zero-order valence-electron chi connectivity index (χ0n) is 27.4. The van der Waals surface area contributed by atoms with Crippen LogP contribution in [0.1, 0.15) is 92.5 Å². The van der Waals surface area contributed by atoms with E-state index in [-0.39, 0.29) is 23.7 Å². The first-order valence-electron chi connectivity index (χ1n) is 15.8. The molecule has 3 aromatic rings. The lowest BCUT2D eigenvalue weighted by atomic mass is 10.1. The number of ether oxygens (including phenoxy) is 3. The summed E-state index contributed by atoms with van der Waals surface area (Å²) in [5, 5.41) is 19.5. The molecule has 0 heterocycles. The summed E-state index contributed by atoms with van der Waals surface area (Å²) in [5.41, 5.74) is 4.15. The second-order valence-electron chi connectivity index (χ2n) is 11.6. The molecule has 0 aliphatic carbocycles. The quantitative estimate of drug-likeness (QED) is 0.101. The second-order valence-corrected chi connectivity index (χ2v) is 11.6. The first-order chi connectivity index (χ1) is 22.1. The summed E-state index contributed by atoms with van der Waals surface area (Å²) >= 11 is 0. The van der Waals surface area contributed by atoms with Crippen LogP contribution in [0.4, 0.5) is 0 Å². The van der Waals surface area contributed by atoms with Gasteiger partial charge >= 0.3 is 11.9 Å². The molecule has 244 valence electrons. The van der Waals surface area contributed by atoms with Crippen LogP contribution in [-0.2, 0) is 6.42 Å². The highest BCUT2D eigenvalue weighted by molar-refractivity contribution is 6.04. The van der Waals surface area contributed by atoms with Crippen molar-refractivity contribution in [3.8, 4) is 23.0 Å². The number of allylic oxidation sites excluding steroid dienone is 5. The molecule has 0 bridgehead atoms. The maximum absolute atomic E-state index is 12.2. The Morgan fingerprint density at radius 3 is 2.11 bits per heavy atom. The number of hydrogen-bond acceptors (Lipinski definition) is 5. The molecule has 0 amide bonds. The first kappa shape index (κ1) is 35.7. The second kappa shape index (κ2) is 18.9. The molecule has 0 radical (unpaired) electrons. The van der Waals surface area contributed by atoms with Crippen LogP contribution in [0.15, 0.2) is 102 Å². The molecule has 0 spiro atoms. The minimum Gasteiger partial charge on any atom is -0.490 e. The van der Waals surface area contributed by atoms with E-state index >= 15 is 0 Å². The average Bonchev–Trinajstić information content (AvgIpc) is 3.01. The summed E-state index contributed by atoms with van der Waals surface area (Å²) in [6.45, 7) is 8.76. The predicted molar refractivity (Wildman–Crippen MR) is 183 cm³/mol. The molecule has 0 aromatic heterocycles.